The molecule has 0 spiro atoms. The Bertz CT molecular complexity index is 560. The van der Waals surface area contributed by atoms with Crippen molar-refractivity contribution in [3.05, 3.63) is 40.5 Å². The first-order valence-electron chi connectivity index (χ1n) is 5.42. The lowest BCUT2D eigenvalue weighted by Crippen LogP contribution is -2.15. The maximum absolute atomic E-state index is 8.42. The highest BCUT2D eigenvalue weighted by atomic mass is 79.9. The zero-order chi connectivity index (χ0) is 12.1. The Morgan fingerprint density at radius 2 is 2.18 bits per heavy atom. The second-order valence-electron chi connectivity index (χ2n) is 3.72. The van der Waals surface area contributed by atoms with Crippen LogP contribution in [0.25, 0.3) is 10.9 Å². The van der Waals surface area contributed by atoms with E-state index in [9.17, 15) is 0 Å². The van der Waals surface area contributed by atoms with Crippen molar-refractivity contribution in [3.63, 3.8) is 0 Å². The average Bonchev–Trinajstić information content (AvgIpc) is 2.35. The molecule has 0 amide bonds. The van der Waals surface area contributed by atoms with Crippen LogP contribution in [0.4, 0.5) is 0 Å². The van der Waals surface area contributed by atoms with Gasteiger partial charge in [-0.05, 0) is 24.3 Å². The van der Waals surface area contributed by atoms with Crippen LogP contribution in [0, 0.1) is 11.3 Å². The number of hydrogen-bond acceptors (Lipinski definition) is 3. The Kier molecular flexibility index (Phi) is 4.08. The van der Waals surface area contributed by atoms with E-state index < -0.39 is 0 Å². The van der Waals surface area contributed by atoms with Crippen molar-refractivity contribution in [2.45, 2.75) is 13.0 Å². The molecule has 0 aliphatic rings. The molecular weight excluding hydrogens is 278 g/mol. The fourth-order valence-corrected chi connectivity index (χ4v) is 1.98. The van der Waals surface area contributed by atoms with Gasteiger partial charge in [-0.25, -0.2) is 0 Å². The molecular formula is C13H12BrN3. The number of pyridine rings is 1. The molecule has 1 aromatic carbocycles. The number of nitrogens with zero attached hydrogens (tertiary/aromatic N) is 2. The van der Waals surface area contributed by atoms with Gasteiger partial charge in [0.2, 0.25) is 0 Å². The highest BCUT2D eigenvalue weighted by Crippen LogP contribution is 2.18. The summed E-state index contributed by atoms with van der Waals surface area (Å²) in [7, 11) is 0. The Morgan fingerprint density at radius 3 is 3.00 bits per heavy atom. The molecule has 1 aromatic heterocycles. The van der Waals surface area contributed by atoms with Crippen molar-refractivity contribution in [2.75, 3.05) is 6.54 Å². The van der Waals surface area contributed by atoms with Crippen LogP contribution in [-0.2, 0) is 6.54 Å². The number of rotatable bonds is 4. The minimum absolute atomic E-state index is 0.528. The molecule has 17 heavy (non-hydrogen) atoms. The smallest absolute Gasteiger partial charge is 0.0706 e. The van der Waals surface area contributed by atoms with Crippen LogP contribution in [0.3, 0.4) is 0 Å². The number of hydrogen-bond donors (Lipinski definition) is 1. The topological polar surface area (TPSA) is 48.7 Å². The van der Waals surface area contributed by atoms with Gasteiger partial charge in [0.25, 0.3) is 0 Å². The van der Waals surface area contributed by atoms with Gasteiger partial charge in [-0.1, -0.05) is 22.0 Å². The average molecular weight is 290 g/mol. The Balaban J connectivity index is 2.10. The molecule has 4 heteroatoms. The van der Waals surface area contributed by atoms with Crippen molar-refractivity contribution in [1.29, 1.82) is 5.26 Å². The van der Waals surface area contributed by atoms with Gasteiger partial charge in [0, 0.05) is 29.4 Å². The molecule has 0 bridgehead atoms. The van der Waals surface area contributed by atoms with Crippen LogP contribution in [0.1, 0.15) is 12.1 Å². The molecule has 1 N–H and O–H groups in total. The molecule has 86 valence electrons. The van der Waals surface area contributed by atoms with Gasteiger partial charge in [-0.3, -0.25) is 4.98 Å². The van der Waals surface area contributed by atoms with Crippen LogP contribution >= 0.6 is 15.9 Å². The summed E-state index contributed by atoms with van der Waals surface area (Å²) in [6.07, 6.45) is 0.528. The van der Waals surface area contributed by atoms with Crippen molar-refractivity contribution < 1.29 is 0 Å². The highest BCUT2D eigenvalue weighted by Gasteiger charge is 1.99. The summed E-state index contributed by atoms with van der Waals surface area (Å²) < 4.78 is 1.06. The van der Waals surface area contributed by atoms with E-state index in [1.54, 1.807) is 0 Å². The lowest BCUT2D eigenvalue weighted by molar-refractivity contribution is 0.687. The SMILES string of the molecule is N#CCCNCc1ccc2cc(Br)ccc2n1. The molecule has 0 saturated heterocycles. The summed E-state index contributed by atoms with van der Waals surface area (Å²) in [6.45, 7) is 1.41. The standard InChI is InChI=1S/C13H12BrN3/c14-11-3-5-13-10(8-11)2-4-12(17-13)9-16-7-1-6-15/h2-5,8,16H,1,7,9H2. The Labute approximate surface area is 109 Å². The predicted octanol–water partition coefficient (Wildman–Crippen LogP) is 3.00. The monoisotopic (exact) mass is 289 g/mol. The summed E-state index contributed by atoms with van der Waals surface area (Å²) in [5.41, 5.74) is 1.99. The van der Waals surface area contributed by atoms with Crippen LogP contribution in [0.5, 0.6) is 0 Å². The molecule has 0 atom stereocenters. The van der Waals surface area contributed by atoms with E-state index in [1.807, 2.05) is 18.2 Å². The van der Waals surface area contributed by atoms with E-state index in [0.717, 1.165) is 21.1 Å². The van der Waals surface area contributed by atoms with Crippen molar-refractivity contribution in [3.8, 4) is 6.07 Å². The van der Waals surface area contributed by atoms with Gasteiger partial charge in [-0.2, -0.15) is 5.26 Å². The number of halogens is 1. The largest absolute Gasteiger partial charge is 0.310 e. The Hall–Kier alpha value is -1.44. The van der Waals surface area contributed by atoms with E-state index >= 15 is 0 Å². The summed E-state index contributed by atoms with van der Waals surface area (Å²) >= 11 is 3.44. The first-order valence-corrected chi connectivity index (χ1v) is 6.22. The van der Waals surface area contributed by atoms with E-state index in [-0.39, 0.29) is 0 Å². The molecule has 3 nitrogen and oxygen atoms in total. The van der Waals surface area contributed by atoms with Crippen molar-refractivity contribution in [2.24, 2.45) is 0 Å². The molecule has 0 fully saturated rings. The molecule has 0 unspecified atom stereocenters. The van der Waals surface area contributed by atoms with E-state index in [4.69, 9.17) is 5.26 Å². The zero-order valence-electron chi connectivity index (χ0n) is 9.28. The normalized spacial score (nSPS) is 10.4. The van der Waals surface area contributed by atoms with Crippen LogP contribution < -0.4 is 5.32 Å². The summed E-state index contributed by atoms with van der Waals surface area (Å²) in [4.78, 5) is 4.55. The van der Waals surface area contributed by atoms with Crippen LogP contribution in [-0.4, -0.2) is 11.5 Å². The third-order valence-corrected chi connectivity index (χ3v) is 2.92. The van der Waals surface area contributed by atoms with Gasteiger partial charge in [-0.15, -0.1) is 0 Å². The summed E-state index contributed by atoms with van der Waals surface area (Å²) in [5, 5.41) is 12.7. The molecule has 0 saturated carbocycles. The quantitative estimate of drug-likeness (QED) is 0.881. The molecule has 0 aliphatic heterocycles. The molecule has 0 aliphatic carbocycles. The zero-order valence-corrected chi connectivity index (χ0v) is 10.9. The highest BCUT2D eigenvalue weighted by molar-refractivity contribution is 9.10. The van der Waals surface area contributed by atoms with Gasteiger partial charge in [0.05, 0.1) is 17.3 Å². The van der Waals surface area contributed by atoms with Gasteiger partial charge in [0.1, 0.15) is 0 Å². The Morgan fingerprint density at radius 1 is 1.29 bits per heavy atom. The fraction of sp³-hybridized carbons (Fsp3) is 0.231. The molecule has 0 radical (unpaired) electrons. The minimum Gasteiger partial charge on any atom is -0.310 e. The second kappa shape index (κ2) is 5.76. The summed E-state index contributed by atoms with van der Waals surface area (Å²) in [5.74, 6) is 0. The fourth-order valence-electron chi connectivity index (χ4n) is 1.60. The lowest BCUT2D eigenvalue weighted by Gasteiger charge is -2.04. The van der Waals surface area contributed by atoms with E-state index in [2.05, 4.69) is 44.4 Å². The first-order chi connectivity index (χ1) is 8.29. The number of fused-ring (bicyclic) bond motifs is 1. The van der Waals surface area contributed by atoms with Gasteiger partial charge in [0.15, 0.2) is 0 Å². The first kappa shape index (κ1) is 12.0. The molecule has 1 heterocycles. The van der Waals surface area contributed by atoms with Crippen LogP contribution in [0.2, 0.25) is 0 Å². The lowest BCUT2D eigenvalue weighted by atomic mass is 10.2. The van der Waals surface area contributed by atoms with Gasteiger partial charge < -0.3 is 5.32 Å². The number of benzene rings is 1. The van der Waals surface area contributed by atoms with Gasteiger partial charge >= 0.3 is 0 Å². The minimum atomic E-state index is 0.528. The third-order valence-electron chi connectivity index (χ3n) is 2.43. The number of aromatic nitrogens is 1. The van der Waals surface area contributed by atoms with Crippen molar-refractivity contribution >= 4 is 26.8 Å². The number of nitriles is 1. The second-order valence-corrected chi connectivity index (χ2v) is 4.64. The van der Waals surface area contributed by atoms with E-state index in [0.29, 0.717) is 19.5 Å². The number of nitrogens with one attached hydrogen (secondary N) is 1. The van der Waals surface area contributed by atoms with Crippen molar-refractivity contribution in [1.82, 2.24) is 10.3 Å². The third kappa shape index (κ3) is 3.26. The maximum Gasteiger partial charge on any atom is 0.0706 e. The molecule has 2 aromatic rings. The molecule has 2 rings (SSSR count). The van der Waals surface area contributed by atoms with Crippen LogP contribution in [0.15, 0.2) is 34.8 Å². The summed E-state index contributed by atoms with van der Waals surface area (Å²) in [6, 6.07) is 12.2. The van der Waals surface area contributed by atoms with E-state index in [1.165, 1.54) is 0 Å². The predicted molar refractivity (Wildman–Crippen MR) is 71.4 cm³/mol. The maximum atomic E-state index is 8.42.